The highest BCUT2D eigenvalue weighted by Crippen LogP contribution is 2.30. The lowest BCUT2D eigenvalue weighted by Crippen LogP contribution is -2.50. The molecule has 0 spiro atoms. The summed E-state index contributed by atoms with van der Waals surface area (Å²) in [5.74, 6) is 0.176. The number of nitrogens with one attached hydrogen (secondary N) is 1. The zero-order valence-electron chi connectivity index (χ0n) is 16.9. The molecule has 0 radical (unpaired) electrons. The molecule has 1 amide bonds. The Morgan fingerprint density at radius 2 is 1.93 bits per heavy atom. The lowest BCUT2D eigenvalue weighted by Gasteiger charge is -2.37. The Morgan fingerprint density at radius 3 is 2.67 bits per heavy atom. The molecule has 2 aromatic heterocycles. The predicted molar refractivity (Wildman–Crippen MR) is 127 cm³/mol. The van der Waals surface area contributed by atoms with Gasteiger partial charge in [-0.15, -0.1) is 21.5 Å². The van der Waals surface area contributed by atoms with Crippen LogP contribution in [0.5, 0.6) is 0 Å². The molecule has 1 unspecified atom stereocenters. The molecule has 0 aliphatic carbocycles. The van der Waals surface area contributed by atoms with Gasteiger partial charge in [0.05, 0.1) is 5.25 Å². The summed E-state index contributed by atoms with van der Waals surface area (Å²) in [7, 11) is 0. The fraction of sp³-hybridized carbons (Fsp3) is 0.381. The molecule has 9 heteroatoms. The molecule has 0 bridgehead atoms. The van der Waals surface area contributed by atoms with E-state index in [9.17, 15) is 4.79 Å². The number of anilines is 2. The van der Waals surface area contributed by atoms with Crippen molar-refractivity contribution in [2.24, 2.45) is 0 Å². The van der Waals surface area contributed by atoms with Crippen molar-refractivity contribution in [3.05, 3.63) is 52.7 Å². The van der Waals surface area contributed by atoms with E-state index in [-0.39, 0.29) is 11.2 Å². The van der Waals surface area contributed by atoms with Crippen molar-refractivity contribution in [1.29, 1.82) is 0 Å². The number of hydrogen-bond acceptors (Lipinski definition) is 8. The SMILES string of the molecule is CC(Sc1nnc(NCCc2cccs2)s1)C(=O)N1CCN(c2ccccc2)CC1. The number of amides is 1. The Balaban J connectivity index is 1.22. The van der Waals surface area contributed by atoms with Crippen LogP contribution in [0.4, 0.5) is 10.8 Å². The van der Waals surface area contributed by atoms with Gasteiger partial charge in [0.15, 0.2) is 4.34 Å². The first kappa shape index (κ1) is 21.1. The molecule has 4 rings (SSSR count). The maximum absolute atomic E-state index is 12.9. The van der Waals surface area contributed by atoms with Gasteiger partial charge in [0.2, 0.25) is 11.0 Å². The summed E-state index contributed by atoms with van der Waals surface area (Å²) in [5.41, 5.74) is 1.22. The number of thioether (sulfide) groups is 1. The summed E-state index contributed by atoms with van der Waals surface area (Å²) in [5, 5.41) is 14.5. The van der Waals surface area contributed by atoms with Gasteiger partial charge in [0.1, 0.15) is 0 Å². The quantitative estimate of drug-likeness (QED) is 0.512. The number of carbonyl (C=O) groups is 1. The molecule has 0 saturated carbocycles. The molecular weight excluding hydrogens is 434 g/mol. The standard InChI is InChI=1S/C21H25N5OS3/c1-16(19(27)26-13-11-25(12-14-26)17-6-3-2-4-7-17)29-21-24-23-20(30-21)22-10-9-18-8-5-15-28-18/h2-8,15-16H,9-14H2,1H3,(H,22,23). The van der Waals surface area contributed by atoms with E-state index < -0.39 is 0 Å². The first-order valence-corrected chi connectivity index (χ1v) is 12.6. The van der Waals surface area contributed by atoms with Crippen LogP contribution in [0.3, 0.4) is 0 Å². The minimum Gasteiger partial charge on any atom is -0.368 e. The topological polar surface area (TPSA) is 61.4 Å². The van der Waals surface area contributed by atoms with Crippen molar-refractivity contribution in [2.75, 3.05) is 42.9 Å². The second-order valence-corrected chi connectivity index (χ2v) is 10.6. The van der Waals surface area contributed by atoms with Gasteiger partial charge in [-0.1, -0.05) is 47.4 Å². The van der Waals surface area contributed by atoms with Crippen LogP contribution in [-0.4, -0.2) is 59.0 Å². The molecule has 3 heterocycles. The third kappa shape index (κ3) is 5.53. The van der Waals surface area contributed by atoms with Crippen molar-refractivity contribution >= 4 is 51.2 Å². The fourth-order valence-electron chi connectivity index (χ4n) is 3.36. The average molecular weight is 460 g/mol. The lowest BCUT2D eigenvalue weighted by atomic mass is 10.2. The number of piperazine rings is 1. The van der Waals surface area contributed by atoms with Crippen molar-refractivity contribution < 1.29 is 4.79 Å². The van der Waals surface area contributed by atoms with E-state index in [1.807, 2.05) is 17.9 Å². The molecule has 1 saturated heterocycles. The summed E-state index contributed by atoms with van der Waals surface area (Å²) in [6.45, 7) is 6.03. The van der Waals surface area contributed by atoms with Gasteiger partial charge in [-0.25, -0.2) is 0 Å². The maximum atomic E-state index is 12.9. The maximum Gasteiger partial charge on any atom is 0.235 e. The van der Waals surface area contributed by atoms with Gasteiger partial charge in [0, 0.05) is 43.3 Å². The monoisotopic (exact) mass is 459 g/mol. The number of rotatable bonds is 8. The number of para-hydroxylation sites is 1. The highest BCUT2D eigenvalue weighted by Gasteiger charge is 2.26. The van der Waals surface area contributed by atoms with Gasteiger partial charge in [-0.2, -0.15) is 0 Å². The first-order chi connectivity index (χ1) is 14.7. The fourth-order valence-corrected chi connectivity index (χ4v) is 6.07. The summed E-state index contributed by atoms with van der Waals surface area (Å²) >= 11 is 4.78. The Hall–Kier alpha value is -2.10. The van der Waals surface area contributed by atoms with Crippen molar-refractivity contribution in [2.45, 2.75) is 22.9 Å². The largest absolute Gasteiger partial charge is 0.368 e. The molecule has 1 aliphatic rings. The highest BCUT2D eigenvalue weighted by molar-refractivity contribution is 8.02. The minimum absolute atomic E-state index is 0.166. The summed E-state index contributed by atoms with van der Waals surface area (Å²) < 4.78 is 0.831. The highest BCUT2D eigenvalue weighted by atomic mass is 32.2. The molecule has 1 aromatic carbocycles. The molecular formula is C21H25N5OS3. The first-order valence-electron chi connectivity index (χ1n) is 10.0. The normalized spacial score (nSPS) is 15.2. The van der Waals surface area contributed by atoms with E-state index in [0.717, 1.165) is 48.6 Å². The van der Waals surface area contributed by atoms with Gasteiger partial charge in [-0.05, 0) is 36.9 Å². The number of aromatic nitrogens is 2. The number of benzene rings is 1. The van der Waals surface area contributed by atoms with Crippen LogP contribution in [0.1, 0.15) is 11.8 Å². The van der Waals surface area contributed by atoms with Crippen LogP contribution >= 0.6 is 34.4 Å². The third-order valence-electron chi connectivity index (χ3n) is 4.97. The van der Waals surface area contributed by atoms with Crippen molar-refractivity contribution in [3.8, 4) is 0 Å². The average Bonchev–Trinajstić information content (AvgIpc) is 3.46. The molecule has 1 fully saturated rings. The Kier molecular flexibility index (Phi) is 7.24. The lowest BCUT2D eigenvalue weighted by molar-refractivity contribution is -0.130. The van der Waals surface area contributed by atoms with E-state index in [2.05, 4.69) is 62.2 Å². The number of carbonyl (C=O) groups excluding carboxylic acids is 1. The number of hydrogen-bond donors (Lipinski definition) is 1. The predicted octanol–water partition coefficient (Wildman–Crippen LogP) is 4.08. The van der Waals surface area contributed by atoms with Crippen LogP contribution in [0.2, 0.25) is 0 Å². The number of thiophene rings is 1. The van der Waals surface area contributed by atoms with Crippen LogP contribution < -0.4 is 10.2 Å². The minimum atomic E-state index is -0.166. The van der Waals surface area contributed by atoms with E-state index in [1.54, 1.807) is 11.3 Å². The van der Waals surface area contributed by atoms with Gasteiger partial charge in [-0.3, -0.25) is 4.79 Å². The van der Waals surface area contributed by atoms with Gasteiger partial charge in [0.25, 0.3) is 0 Å². The Morgan fingerprint density at radius 1 is 1.13 bits per heavy atom. The van der Waals surface area contributed by atoms with Crippen LogP contribution in [-0.2, 0) is 11.2 Å². The van der Waals surface area contributed by atoms with Crippen LogP contribution in [0.25, 0.3) is 0 Å². The third-order valence-corrected chi connectivity index (χ3v) is 7.96. The molecule has 1 aliphatic heterocycles. The van der Waals surface area contributed by atoms with E-state index in [0.29, 0.717) is 0 Å². The smallest absolute Gasteiger partial charge is 0.235 e. The summed E-state index contributed by atoms with van der Waals surface area (Å²) in [4.78, 5) is 18.5. The van der Waals surface area contributed by atoms with Crippen LogP contribution in [0, 0.1) is 0 Å². The Bertz CT molecular complexity index is 923. The second kappa shape index (κ2) is 10.3. The van der Waals surface area contributed by atoms with E-state index in [4.69, 9.17) is 0 Å². The summed E-state index contributed by atoms with van der Waals surface area (Å²) in [6, 6.07) is 14.6. The molecule has 6 nitrogen and oxygen atoms in total. The zero-order chi connectivity index (χ0) is 20.8. The molecule has 1 N–H and O–H groups in total. The van der Waals surface area contributed by atoms with Gasteiger partial charge < -0.3 is 15.1 Å². The molecule has 158 valence electrons. The number of nitrogens with zero attached hydrogens (tertiary/aromatic N) is 4. The molecule has 3 aromatic rings. The van der Waals surface area contributed by atoms with Crippen molar-refractivity contribution in [1.82, 2.24) is 15.1 Å². The van der Waals surface area contributed by atoms with E-state index >= 15 is 0 Å². The molecule has 30 heavy (non-hydrogen) atoms. The van der Waals surface area contributed by atoms with Gasteiger partial charge >= 0.3 is 0 Å². The van der Waals surface area contributed by atoms with E-state index in [1.165, 1.54) is 33.7 Å². The summed E-state index contributed by atoms with van der Waals surface area (Å²) in [6.07, 6.45) is 0.976. The second-order valence-electron chi connectivity index (χ2n) is 7.04. The van der Waals surface area contributed by atoms with Crippen LogP contribution in [0.15, 0.2) is 52.2 Å². The zero-order valence-corrected chi connectivity index (χ0v) is 19.3. The Labute approximate surface area is 189 Å². The molecule has 1 atom stereocenters. The van der Waals surface area contributed by atoms with Crippen molar-refractivity contribution in [3.63, 3.8) is 0 Å².